The second-order valence-electron chi connectivity index (χ2n) is 11.1. The zero-order valence-corrected chi connectivity index (χ0v) is 24.1. The first-order valence-electron chi connectivity index (χ1n) is 14.9. The van der Waals surface area contributed by atoms with Crippen LogP contribution >= 0.6 is 0 Å². The molecule has 0 fully saturated rings. The monoisotopic (exact) mass is 576 g/mol. The molecule has 5 nitrogen and oxygen atoms in total. The summed E-state index contributed by atoms with van der Waals surface area (Å²) in [7, 11) is 0. The number of nitrogens with zero attached hydrogens (tertiary/aromatic N) is 4. The molecule has 5 heteroatoms. The number of aromatic nitrogens is 4. The highest BCUT2D eigenvalue weighted by atomic mass is 16.3. The van der Waals surface area contributed by atoms with Gasteiger partial charge in [-0.05, 0) is 45.1 Å². The molecule has 210 valence electrons. The average Bonchev–Trinajstić information content (AvgIpc) is 3.56. The summed E-state index contributed by atoms with van der Waals surface area (Å²) in [4.78, 5) is 19.7. The van der Waals surface area contributed by atoms with Crippen LogP contribution in [-0.2, 0) is 0 Å². The second kappa shape index (κ2) is 10.2. The summed E-state index contributed by atoms with van der Waals surface area (Å²) < 4.78 is 6.42. The lowest BCUT2D eigenvalue weighted by atomic mass is 9.97. The topological polar surface area (TPSA) is 64.7 Å². The lowest BCUT2D eigenvalue weighted by Gasteiger charge is -2.09. The number of hydrogen-bond donors (Lipinski definition) is 0. The average molecular weight is 577 g/mol. The van der Waals surface area contributed by atoms with Crippen molar-refractivity contribution in [2.75, 3.05) is 0 Å². The molecule has 0 aliphatic heterocycles. The van der Waals surface area contributed by atoms with Gasteiger partial charge in [-0.15, -0.1) is 0 Å². The van der Waals surface area contributed by atoms with Gasteiger partial charge in [-0.2, -0.15) is 0 Å². The Balaban J connectivity index is 1.19. The zero-order valence-electron chi connectivity index (χ0n) is 24.1. The number of oxazole rings is 1. The van der Waals surface area contributed by atoms with E-state index in [0.717, 1.165) is 54.9 Å². The second-order valence-corrected chi connectivity index (χ2v) is 11.1. The number of hydrogen-bond acceptors (Lipinski definition) is 5. The fourth-order valence-electron chi connectivity index (χ4n) is 6.14. The Morgan fingerprint density at radius 2 is 0.956 bits per heavy atom. The van der Waals surface area contributed by atoms with E-state index in [1.54, 1.807) is 0 Å². The van der Waals surface area contributed by atoms with Crippen LogP contribution in [0.1, 0.15) is 0 Å². The van der Waals surface area contributed by atoms with Gasteiger partial charge in [0.1, 0.15) is 5.52 Å². The molecule has 0 atom stereocenters. The molecule has 9 rings (SSSR count). The summed E-state index contributed by atoms with van der Waals surface area (Å²) in [5.41, 5.74) is 5.35. The third kappa shape index (κ3) is 4.33. The van der Waals surface area contributed by atoms with Gasteiger partial charge < -0.3 is 4.42 Å². The molecule has 0 saturated carbocycles. The smallest absolute Gasteiger partial charge is 0.227 e. The van der Waals surface area contributed by atoms with Crippen LogP contribution in [0.5, 0.6) is 0 Å². The van der Waals surface area contributed by atoms with Gasteiger partial charge in [0.2, 0.25) is 5.89 Å². The normalized spacial score (nSPS) is 11.6. The maximum atomic E-state index is 6.42. The van der Waals surface area contributed by atoms with Crippen molar-refractivity contribution < 1.29 is 4.42 Å². The SMILES string of the molecule is c1ccc(-c2nc(-c3ccccc3)nc(-c3ccc4c(ccc5oc(-c6cc7ccccc7c7ccccc67)nc54)c3)n2)cc1. The van der Waals surface area contributed by atoms with E-state index < -0.39 is 0 Å². The van der Waals surface area contributed by atoms with Crippen LogP contribution in [0.25, 0.3) is 89.0 Å². The van der Waals surface area contributed by atoms with Crippen LogP contribution in [0.15, 0.2) is 150 Å². The van der Waals surface area contributed by atoms with E-state index in [0.29, 0.717) is 23.4 Å². The summed E-state index contributed by atoms with van der Waals surface area (Å²) in [5.74, 6) is 2.51. The third-order valence-electron chi connectivity index (χ3n) is 8.33. The van der Waals surface area contributed by atoms with E-state index in [2.05, 4.69) is 78.9 Å². The Kier molecular flexibility index (Phi) is 5.74. The minimum Gasteiger partial charge on any atom is -0.436 e. The predicted octanol–water partition coefficient (Wildman–Crippen LogP) is 10.1. The van der Waals surface area contributed by atoms with Gasteiger partial charge in [0, 0.05) is 27.6 Å². The van der Waals surface area contributed by atoms with Crippen molar-refractivity contribution in [3.63, 3.8) is 0 Å². The molecule has 0 radical (unpaired) electrons. The van der Waals surface area contributed by atoms with E-state index in [1.807, 2.05) is 66.7 Å². The largest absolute Gasteiger partial charge is 0.436 e. The van der Waals surface area contributed by atoms with Gasteiger partial charge in [-0.1, -0.05) is 127 Å². The standard InChI is InChI=1S/C40H24N4O/c1-3-11-25(12-4-1)37-42-38(26-13-5-2-6-14-26)44-39(43-37)29-19-21-31-28(23-29)20-22-35-36(31)41-40(45-35)34-24-27-15-7-8-16-30(27)32-17-9-10-18-33(32)34/h1-24H. The maximum absolute atomic E-state index is 6.42. The third-order valence-corrected chi connectivity index (χ3v) is 8.33. The van der Waals surface area contributed by atoms with Gasteiger partial charge in [-0.25, -0.2) is 19.9 Å². The first-order chi connectivity index (χ1) is 22.3. The summed E-state index contributed by atoms with van der Waals surface area (Å²) in [6.07, 6.45) is 0. The summed E-state index contributed by atoms with van der Waals surface area (Å²) >= 11 is 0. The number of rotatable bonds is 4. The molecule has 0 bridgehead atoms. The molecule has 2 heterocycles. The lowest BCUT2D eigenvalue weighted by molar-refractivity contribution is 0.621. The summed E-state index contributed by atoms with van der Waals surface area (Å²) in [5, 5.41) is 6.72. The molecule has 0 aliphatic carbocycles. The van der Waals surface area contributed by atoms with Crippen molar-refractivity contribution >= 4 is 43.4 Å². The minimum atomic E-state index is 0.612. The van der Waals surface area contributed by atoms with E-state index in [4.69, 9.17) is 24.4 Å². The molecule has 2 aromatic heterocycles. The van der Waals surface area contributed by atoms with Gasteiger partial charge >= 0.3 is 0 Å². The molecule has 0 spiro atoms. The molecule has 45 heavy (non-hydrogen) atoms. The zero-order chi connectivity index (χ0) is 29.7. The van der Waals surface area contributed by atoms with E-state index >= 15 is 0 Å². The quantitative estimate of drug-likeness (QED) is 0.195. The molecule has 0 N–H and O–H groups in total. The molecule has 0 saturated heterocycles. The molecule has 0 aliphatic rings. The van der Waals surface area contributed by atoms with Crippen LogP contribution in [0.3, 0.4) is 0 Å². The number of fused-ring (bicyclic) bond motifs is 6. The van der Waals surface area contributed by atoms with Gasteiger partial charge in [0.05, 0.1) is 0 Å². The maximum Gasteiger partial charge on any atom is 0.227 e. The molecule has 7 aromatic carbocycles. The first kappa shape index (κ1) is 25.3. The molecule has 9 aromatic rings. The Morgan fingerprint density at radius 3 is 1.67 bits per heavy atom. The van der Waals surface area contributed by atoms with Crippen LogP contribution in [-0.4, -0.2) is 19.9 Å². The van der Waals surface area contributed by atoms with Gasteiger partial charge in [0.15, 0.2) is 23.1 Å². The van der Waals surface area contributed by atoms with Gasteiger partial charge in [0.25, 0.3) is 0 Å². The van der Waals surface area contributed by atoms with Crippen LogP contribution < -0.4 is 0 Å². The number of benzene rings is 7. The fourth-order valence-corrected chi connectivity index (χ4v) is 6.14. The Labute approximate surface area is 258 Å². The van der Waals surface area contributed by atoms with Crippen molar-refractivity contribution in [2.45, 2.75) is 0 Å². The van der Waals surface area contributed by atoms with E-state index in [-0.39, 0.29) is 0 Å². The van der Waals surface area contributed by atoms with Crippen molar-refractivity contribution in [3.8, 4) is 45.6 Å². The predicted molar refractivity (Wildman–Crippen MR) is 182 cm³/mol. The molecular formula is C40H24N4O. The van der Waals surface area contributed by atoms with E-state index in [1.165, 1.54) is 10.8 Å². The Hall–Kier alpha value is -6.20. The van der Waals surface area contributed by atoms with E-state index in [9.17, 15) is 0 Å². The molecular weight excluding hydrogens is 552 g/mol. The van der Waals surface area contributed by atoms with Crippen LogP contribution in [0.2, 0.25) is 0 Å². The van der Waals surface area contributed by atoms with Crippen molar-refractivity contribution in [3.05, 3.63) is 146 Å². The summed E-state index contributed by atoms with van der Waals surface area (Å²) in [6, 6.07) is 49.4. The molecule has 0 amide bonds. The van der Waals surface area contributed by atoms with Crippen molar-refractivity contribution in [1.82, 2.24) is 19.9 Å². The Bertz CT molecular complexity index is 2480. The fraction of sp³-hybridized carbons (Fsp3) is 0. The highest BCUT2D eigenvalue weighted by molar-refractivity contribution is 6.13. The first-order valence-corrected chi connectivity index (χ1v) is 14.9. The van der Waals surface area contributed by atoms with Crippen molar-refractivity contribution in [1.29, 1.82) is 0 Å². The Morgan fingerprint density at radius 1 is 0.378 bits per heavy atom. The molecule has 0 unspecified atom stereocenters. The van der Waals surface area contributed by atoms with Crippen LogP contribution in [0, 0.1) is 0 Å². The van der Waals surface area contributed by atoms with Gasteiger partial charge in [-0.3, -0.25) is 0 Å². The van der Waals surface area contributed by atoms with Crippen LogP contribution in [0.4, 0.5) is 0 Å². The highest BCUT2D eigenvalue weighted by Crippen LogP contribution is 2.37. The highest BCUT2D eigenvalue weighted by Gasteiger charge is 2.17. The lowest BCUT2D eigenvalue weighted by Crippen LogP contribution is -2.00. The summed E-state index contributed by atoms with van der Waals surface area (Å²) in [6.45, 7) is 0. The minimum absolute atomic E-state index is 0.612. The van der Waals surface area contributed by atoms with Crippen molar-refractivity contribution in [2.24, 2.45) is 0 Å².